The number of aromatic nitrogens is 1. The van der Waals surface area contributed by atoms with E-state index in [0.717, 1.165) is 42.3 Å². The number of carbonyl (C=O) groups is 1. The Labute approximate surface area is 199 Å². The number of halogens is 2. The molecule has 0 bridgehead atoms. The van der Waals surface area contributed by atoms with Crippen molar-refractivity contribution in [2.45, 2.75) is 25.9 Å². The van der Waals surface area contributed by atoms with Gasteiger partial charge < -0.3 is 20.9 Å². The van der Waals surface area contributed by atoms with E-state index in [-0.39, 0.29) is 41.6 Å². The number of aliphatic imine (C=N–C) groups is 1. The van der Waals surface area contributed by atoms with Crippen molar-refractivity contribution in [3.63, 3.8) is 0 Å². The summed E-state index contributed by atoms with van der Waals surface area (Å²) in [4.78, 5) is 24.7. The molecule has 1 aliphatic rings. The van der Waals surface area contributed by atoms with Gasteiger partial charge >= 0.3 is 0 Å². The zero-order chi connectivity index (χ0) is 21.5. The zero-order valence-electron chi connectivity index (χ0n) is 17.9. The van der Waals surface area contributed by atoms with Crippen LogP contribution in [-0.4, -0.2) is 48.9 Å². The maximum atomic E-state index is 13.1. The van der Waals surface area contributed by atoms with Gasteiger partial charge in [0.15, 0.2) is 5.96 Å². The highest BCUT2D eigenvalue weighted by molar-refractivity contribution is 14.0. The van der Waals surface area contributed by atoms with Gasteiger partial charge in [0.05, 0.1) is 5.92 Å². The summed E-state index contributed by atoms with van der Waals surface area (Å²) in [7, 11) is 3.67. The van der Waals surface area contributed by atoms with E-state index in [1.165, 1.54) is 12.1 Å². The lowest BCUT2D eigenvalue weighted by Crippen LogP contribution is -2.42. The standard InChI is InChI=1S/C22H29FN6O.HI/c1-25-22(28(2)14-16-7-9-19(23)10-8-16)27-13-17-5-3-11-26-21(17)29-12-4-6-18(15-29)20(24)30;/h3,5,7-11,18H,4,6,12-15H2,1-2H3,(H2,24,30)(H,25,27);1H. The second kappa shape index (κ2) is 11.8. The van der Waals surface area contributed by atoms with Crippen molar-refractivity contribution in [3.8, 4) is 0 Å². The number of benzene rings is 1. The highest BCUT2D eigenvalue weighted by atomic mass is 127. The van der Waals surface area contributed by atoms with Crippen LogP contribution in [0.2, 0.25) is 0 Å². The van der Waals surface area contributed by atoms with Crippen LogP contribution < -0.4 is 16.0 Å². The number of nitrogens with two attached hydrogens (primary N) is 1. The monoisotopic (exact) mass is 540 g/mol. The Kier molecular flexibility index (Phi) is 9.47. The van der Waals surface area contributed by atoms with E-state index < -0.39 is 0 Å². The predicted molar refractivity (Wildman–Crippen MR) is 132 cm³/mol. The number of anilines is 1. The summed E-state index contributed by atoms with van der Waals surface area (Å²) in [5.74, 6) is 0.953. The Morgan fingerprint density at radius 3 is 2.77 bits per heavy atom. The third-order valence-corrected chi connectivity index (χ3v) is 5.33. The van der Waals surface area contributed by atoms with Crippen LogP contribution in [0.4, 0.5) is 10.2 Å². The van der Waals surface area contributed by atoms with Gasteiger partial charge in [-0.15, -0.1) is 24.0 Å². The van der Waals surface area contributed by atoms with Gasteiger partial charge in [-0.25, -0.2) is 9.37 Å². The summed E-state index contributed by atoms with van der Waals surface area (Å²) in [6.07, 6.45) is 3.51. The van der Waals surface area contributed by atoms with Gasteiger partial charge in [-0.1, -0.05) is 18.2 Å². The fraction of sp³-hybridized carbons (Fsp3) is 0.409. The predicted octanol–water partition coefficient (Wildman–Crippen LogP) is 2.75. The Balaban J connectivity index is 0.00000341. The summed E-state index contributed by atoms with van der Waals surface area (Å²) < 4.78 is 13.1. The van der Waals surface area contributed by atoms with Crippen LogP contribution >= 0.6 is 24.0 Å². The van der Waals surface area contributed by atoms with Gasteiger partial charge in [-0.2, -0.15) is 0 Å². The first kappa shape index (κ1) is 24.8. The van der Waals surface area contributed by atoms with E-state index in [1.807, 2.05) is 24.1 Å². The molecule has 1 fully saturated rings. The second-order valence-electron chi connectivity index (χ2n) is 7.56. The molecule has 1 saturated heterocycles. The topological polar surface area (TPSA) is 86.9 Å². The summed E-state index contributed by atoms with van der Waals surface area (Å²) in [5.41, 5.74) is 7.55. The average Bonchev–Trinajstić information content (AvgIpc) is 2.76. The fourth-order valence-corrected chi connectivity index (χ4v) is 3.75. The smallest absolute Gasteiger partial charge is 0.222 e. The molecule has 2 heterocycles. The number of nitrogens with zero attached hydrogens (tertiary/aromatic N) is 4. The molecule has 1 aliphatic heterocycles. The largest absolute Gasteiger partial charge is 0.369 e. The number of amides is 1. The van der Waals surface area contributed by atoms with E-state index in [0.29, 0.717) is 19.6 Å². The molecule has 1 unspecified atom stereocenters. The van der Waals surface area contributed by atoms with E-state index in [4.69, 9.17) is 5.73 Å². The molecule has 168 valence electrons. The van der Waals surface area contributed by atoms with Crippen molar-refractivity contribution < 1.29 is 9.18 Å². The maximum Gasteiger partial charge on any atom is 0.222 e. The van der Waals surface area contributed by atoms with E-state index in [2.05, 4.69) is 20.2 Å². The quantitative estimate of drug-likeness (QED) is 0.335. The molecular weight excluding hydrogens is 510 g/mol. The molecule has 1 amide bonds. The van der Waals surface area contributed by atoms with Crippen molar-refractivity contribution in [3.05, 3.63) is 59.5 Å². The number of carbonyl (C=O) groups excluding carboxylic acids is 1. The van der Waals surface area contributed by atoms with Gasteiger partial charge in [0, 0.05) is 52.0 Å². The number of piperidine rings is 1. The SMILES string of the molecule is CN=C(NCc1cccnc1N1CCCC(C(N)=O)C1)N(C)Cc1ccc(F)cc1.I. The lowest BCUT2D eigenvalue weighted by molar-refractivity contribution is -0.122. The van der Waals surface area contributed by atoms with Gasteiger partial charge in [0.1, 0.15) is 11.6 Å². The Morgan fingerprint density at radius 2 is 2.10 bits per heavy atom. The number of hydrogen-bond donors (Lipinski definition) is 2. The van der Waals surface area contributed by atoms with Gasteiger partial charge in [0.2, 0.25) is 5.91 Å². The number of primary amides is 1. The molecule has 1 atom stereocenters. The van der Waals surface area contributed by atoms with Crippen LogP contribution in [0.1, 0.15) is 24.0 Å². The summed E-state index contributed by atoms with van der Waals surface area (Å²) in [6.45, 7) is 2.60. The van der Waals surface area contributed by atoms with Crippen molar-refractivity contribution in [2.75, 3.05) is 32.1 Å². The Morgan fingerprint density at radius 1 is 1.35 bits per heavy atom. The number of guanidine groups is 1. The van der Waals surface area contributed by atoms with Crippen LogP contribution in [-0.2, 0) is 17.9 Å². The van der Waals surface area contributed by atoms with E-state index in [1.54, 1.807) is 25.4 Å². The molecule has 0 saturated carbocycles. The minimum absolute atomic E-state index is 0. The third kappa shape index (κ3) is 6.78. The van der Waals surface area contributed by atoms with Gasteiger partial charge in [0.25, 0.3) is 0 Å². The molecule has 9 heteroatoms. The number of pyridine rings is 1. The first-order chi connectivity index (χ1) is 14.5. The van der Waals surface area contributed by atoms with E-state index >= 15 is 0 Å². The lowest BCUT2D eigenvalue weighted by atomic mass is 9.97. The summed E-state index contributed by atoms with van der Waals surface area (Å²) >= 11 is 0. The first-order valence-electron chi connectivity index (χ1n) is 10.1. The Hall–Kier alpha value is -2.43. The second-order valence-corrected chi connectivity index (χ2v) is 7.56. The van der Waals surface area contributed by atoms with Crippen LogP contribution in [0, 0.1) is 11.7 Å². The number of nitrogens with one attached hydrogen (secondary N) is 1. The highest BCUT2D eigenvalue weighted by Gasteiger charge is 2.26. The number of rotatable bonds is 6. The first-order valence-corrected chi connectivity index (χ1v) is 10.1. The molecule has 31 heavy (non-hydrogen) atoms. The van der Waals surface area contributed by atoms with Gasteiger partial charge in [-0.3, -0.25) is 9.79 Å². The third-order valence-electron chi connectivity index (χ3n) is 5.33. The van der Waals surface area contributed by atoms with Crippen LogP contribution in [0.3, 0.4) is 0 Å². The van der Waals surface area contributed by atoms with Crippen molar-refractivity contribution in [2.24, 2.45) is 16.6 Å². The molecule has 1 aromatic heterocycles. The van der Waals surface area contributed by atoms with Crippen molar-refractivity contribution in [1.82, 2.24) is 15.2 Å². The zero-order valence-corrected chi connectivity index (χ0v) is 20.3. The van der Waals surface area contributed by atoms with Gasteiger partial charge in [-0.05, 0) is 36.6 Å². The minimum Gasteiger partial charge on any atom is -0.369 e. The fourth-order valence-electron chi connectivity index (χ4n) is 3.75. The minimum atomic E-state index is -0.252. The normalized spacial score (nSPS) is 16.4. The molecule has 3 rings (SSSR count). The molecule has 1 aromatic carbocycles. The Bertz CT molecular complexity index is 892. The maximum absolute atomic E-state index is 13.1. The summed E-state index contributed by atoms with van der Waals surface area (Å²) in [6, 6.07) is 10.4. The summed E-state index contributed by atoms with van der Waals surface area (Å²) in [5, 5.41) is 3.37. The molecule has 2 aromatic rings. The number of hydrogen-bond acceptors (Lipinski definition) is 4. The molecule has 0 spiro atoms. The highest BCUT2D eigenvalue weighted by Crippen LogP contribution is 2.24. The molecule has 3 N–H and O–H groups in total. The molecule has 0 aliphatic carbocycles. The average molecular weight is 540 g/mol. The van der Waals surface area contributed by atoms with Crippen molar-refractivity contribution >= 4 is 41.7 Å². The molecular formula is C22H30FIN6O. The van der Waals surface area contributed by atoms with E-state index in [9.17, 15) is 9.18 Å². The molecule has 0 radical (unpaired) electrons. The van der Waals surface area contributed by atoms with Crippen LogP contribution in [0.15, 0.2) is 47.6 Å². The van der Waals surface area contributed by atoms with Crippen molar-refractivity contribution in [1.29, 1.82) is 0 Å². The van der Waals surface area contributed by atoms with Crippen LogP contribution in [0.25, 0.3) is 0 Å². The lowest BCUT2D eigenvalue weighted by Gasteiger charge is -2.33. The molecule has 7 nitrogen and oxygen atoms in total. The van der Waals surface area contributed by atoms with Crippen LogP contribution in [0.5, 0.6) is 0 Å².